The molecule has 0 aromatic heterocycles. The van der Waals surface area contributed by atoms with Crippen LogP contribution in [0.4, 0.5) is 8.78 Å². The van der Waals surface area contributed by atoms with Crippen molar-refractivity contribution >= 4 is 0 Å². The van der Waals surface area contributed by atoms with Crippen LogP contribution in [0.15, 0.2) is 22.5 Å². The smallest absolute Gasteiger partial charge is 0.247 e. The molecular weight excluding hydrogens is 240 g/mol. The molecule has 1 saturated carbocycles. The van der Waals surface area contributed by atoms with Gasteiger partial charge in [-0.15, -0.1) is 0 Å². The van der Waals surface area contributed by atoms with E-state index in [4.69, 9.17) is 0 Å². The lowest BCUT2D eigenvalue weighted by atomic mass is 9.71. The molecule has 3 aliphatic carbocycles. The van der Waals surface area contributed by atoms with Crippen molar-refractivity contribution in [3.63, 3.8) is 0 Å². The quantitative estimate of drug-likeness (QED) is 0.531. The molecule has 0 aromatic carbocycles. The number of nitro groups is 1. The summed E-state index contributed by atoms with van der Waals surface area (Å²) in [5, 5.41) is 11.5. The maximum Gasteiger partial charge on any atom is 0.247 e. The SMILES string of the molecule is CC1([N+](=O)[O-])C2=C(CC(F)C2)C(F)=C2CCCC21. The summed E-state index contributed by atoms with van der Waals surface area (Å²) in [7, 11) is 0. The van der Waals surface area contributed by atoms with E-state index in [0.29, 0.717) is 24.0 Å². The Morgan fingerprint density at radius 3 is 2.83 bits per heavy atom. The second kappa shape index (κ2) is 3.62. The highest BCUT2D eigenvalue weighted by Crippen LogP contribution is 2.55. The Bertz CT molecular complexity index is 497. The van der Waals surface area contributed by atoms with Gasteiger partial charge < -0.3 is 0 Å². The molecule has 0 radical (unpaired) electrons. The van der Waals surface area contributed by atoms with Crippen LogP contribution in [0.5, 0.6) is 0 Å². The number of fused-ring (bicyclic) bond motifs is 1. The molecule has 0 heterocycles. The zero-order valence-corrected chi connectivity index (χ0v) is 10.2. The largest absolute Gasteiger partial charge is 0.264 e. The molecule has 18 heavy (non-hydrogen) atoms. The predicted octanol–water partition coefficient (Wildman–Crippen LogP) is 3.49. The maximum atomic E-state index is 14.3. The van der Waals surface area contributed by atoms with E-state index in [9.17, 15) is 18.9 Å². The van der Waals surface area contributed by atoms with Gasteiger partial charge in [-0.05, 0) is 30.4 Å². The lowest BCUT2D eigenvalue weighted by molar-refractivity contribution is -0.562. The van der Waals surface area contributed by atoms with E-state index in [1.165, 1.54) is 0 Å². The minimum Gasteiger partial charge on any atom is -0.264 e. The number of hydrogen-bond donors (Lipinski definition) is 0. The highest BCUT2D eigenvalue weighted by Gasteiger charge is 2.58. The average Bonchev–Trinajstić information content (AvgIpc) is 2.92. The fraction of sp³-hybridized carbons (Fsp3) is 0.692. The molecule has 3 nitrogen and oxygen atoms in total. The molecule has 0 saturated heterocycles. The van der Waals surface area contributed by atoms with Gasteiger partial charge in [0.1, 0.15) is 12.0 Å². The molecule has 0 aliphatic heterocycles. The first-order valence-electron chi connectivity index (χ1n) is 6.36. The normalized spacial score (nSPS) is 39.1. The van der Waals surface area contributed by atoms with Crippen LogP contribution in [0.25, 0.3) is 0 Å². The van der Waals surface area contributed by atoms with Crippen LogP contribution in [0.3, 0.4) is 0 Å². The van der Waals surface area contributed by atoms with Crippen molar-refractivity contribution in [1.82, 2.24) is 0 Å². The molecule has 98 valence electrons. The molecular formula is C13H15F2NO2. The highest BCUT2D eigenvalue weighted by atomic mass is 19.1. The Balaban J connectivity index is 2.19. The molecule has 3 atom stereocenters. The summed E-state index contributed by atoms with van der Waals surface area (Å²) < 4.78 is 27.8. The highest BCUT2D eigenvalue weighted by molar-refractivity contribution is 5.49. The lowest BCUT2D eigenvalue weighted by Gasteiger charge is -2.33. The summed E-state index contributed by atoms with van der Waals surface area (Å²) in [6.45, 7) is 1.54. The van der Waals surface area contributed by atoms with Crippen LogP contribution in [0.1, 0.15) is 39.0 Å². The molecule has 3 aliphatic rings. The van der Waals surface area contributed by atoms with Crippen molar-refractivity contribution < 1.29 is 13.7 Å². The van der Waals surface area contributed by atoms with Crippen molar-refractivity contribution in [3.05, 3.63) is 32.7 Å². The Morgan fingerprint density at radius 1 is 1.44 bits per heavy atom. The summed E-state index contributed by atoms with van der Waals surface area (Å²) in [6.07, 6.45) is 0.850. The standard InChI is InChI=1S/C13H15F2NO2/c1-13(16(17)18)10-4-2-3-8(10)12(15)9-5-7(14)6-11(9)13/h7,10H,2-6H2,1H3. The monoisotopic (exact) mass is 255 g/mol. The van der Waals surface area contributed by atoms with E-state index in [1.807, 2.05) is 0 Å². The summed E-state index contributed by atoms with van der Waals surface area (Å²) in [5.41, 5.74) is -0.0533. The molecule has 1 fully saturated rings. The topological polar surface area (TPSA) is 43.1 Å². The van der Waals surface area contributed by atoms with Gasteiger partial charge in [0.05, 0.1) is 5.92 Å². The van der Waals surface area contributed by atoms with E-state index >= 15 is 0 Å². The fourth-order valence-corrected chi connectivity index (χ4v) is 3.87. The Hall–Kier alpha value is -1.26. The van der Waals surface area contributed by atoms with Crippen molar-refractivity contribution in [2.24, 2.45) is 5.92 Å². The first kappa shape index (κ1) is 11.8. The number of hydrogen-bond acceptors (Lipinski definition) is 2. The predicted molar refractivity (Wildman–Crippen MR) is 62.0 cm³/mol. The lowest BCUT2D eigenvalue weighted by Crippen LogP contribution is -2.46. The first-order chi connectivity index (χ1) is 8.46. The second-order valence-corrected chi connectivity index (χ2v) is 5.65. The van der Waals surface area contributed by atoms with Gasteiger partial charge in [0.15, 0.2) is 0 Å². The van der Waals surface area contributed by atoms with Crippen LogP contribution >= 0.6 is 0 Å². The minimum absolute atomic E-state index is 0.000810. The van der Waals surface area contributed by atoms with Crippen LogP contribution in [0.2, 0.25) is 0 Å². The average molecular weight is 255 g/mol. The van der Waals surface area contributed by atoms with E-state index in [0.717, 1.165) is 6.42 Å². The van der Waals surface area contributed by atoms with Crippen molar-refractivity contribution in [2.75, 3.05) is 0 Å². The van der Waals surface area contributed by atoms with Gasteiger partial charge in [-0.1, -0.05) is 0 Å². The van der Waals surface area contributed by atoms with Gasteiger partial charge in [0.25, 0.3) is 0 Å². The van der Waals surface area contributed by atoms with Gasteiger partial charge in [0, 0.05) is 30.3 Å². The summed E-state index contributed by atoms with van der Waals surface area (Å²) in [6, 6.07) is 0. The number of alkyl halides is 1. The van der Waals surface area contributed by atoms with E-state index in [1.54, 1.807) is 6.92 Å². The molecule has 0 bridgehead atoms. The van der Waals surface area contributed by atoms with Gasteiger partial charge in [-0.25, -0.2) is 8.78 Å². The van der Waals surface area contributed by atoms with E-state index in [-0.39, 0.29) is 35.1 Å². The third-order valence-electron chi connectivity index (χ3n) is 4.79. The zero-order chi connectivity index (χ0) is 13.1. The molecule has 3 unspecified atom stereocenters. The molecule has 0 N–H and O–H groups in total. The molecule has 3 rings (SSSR count). The van der Waals surface area contributed by atoms with Gasteiger partial charge in [-0.3, -0.25) is 10.1 Å². The van der Waals surface area contributed by atoms with Gasteiger partial charge in [-0.2, -0.15) is 0 Å². The Labute approximate surface area is 104 Å². The molecule has 0 aromatic rings. The maximum absolute atomic E-state index is 14.3. The molecule has 0 spiro atoms. The number of halogens is 2. The van der Waals surface area contributed by atoms with Crippen molar-refractivity contribution in [2.45, 2.75) is 50.7 Å². The third kappa shape index (κ3) is 1.27. The van der Waals surface area contributed by atoms with Crippen LogP contribution < -0.4 is 0 Å². The summed E-state index contributed by atoms with van der Waals surface area (Å²) >= 11 is 0. The fourth-order valence-electron chi connectivity index (χ4n) is 3.87. The number of rotatable bonds is 1. The van der Waals surface area contributed by atoms with E-state index < -0.39 is 11.7 Å². The Morgan fingerprint density at radius 2 is 2.17 bits per heavy atom. The number of nitrogens with zero attached hydrogens (tertiary/aromatic N) is 1. The molecule has 0 amide bonds. The number of allylic oxidation sites excluding steroid dienone is 2. The second-order valence-electron chi connectivity index (χ2n) is 5.65. The van der Waals surface area contributed by atoms with Gasteiger partial charge >= 0.3 is 0 Å². The third-order valence-corrected chi connectivity index (χ3v) is 4.79. The minimum atomic E-state index is -1.29. The van der Waals surface area contributed by atoms with E-state index in [2.05, 4.69) is 0 Å². The van der Waals surface area contributed by atoms with Crippen LogP contribution in [0, 0.1) is 16.0 Å². The first-order valence-corrected chi connectivity index (χ1v) is 6.36. The summed E-state index contributed by atoms with van der Waals surface area (Å²) in [5.74, 6) is -0.719. The molecule has 5 heteroatoms. The summed E-state index contributed by atoms with van der Waals surface area (Å²) in [4.78, 5) is 11.1. The zero-order valence-electron chi connectivity index (χ0n) is 10.2. The Kier molecular flexibility index (Phi) is 2.37. The van der Waals surface area contributed by atoms with Gasteiger partial charge in [0.2, 0.25) is 5.54 Å². The van der Waals surface area contributed by atoms with Crippen molar-refractivity contribution in [3.8, 4) is 0 Å². The van der Waals surface area contributed by atoms with Crippen LogP contribution in [-0.2, 0) is 0 Å². The van der Waals surface area contributed by atoms with Crippen LogP contribution in [-0.4, -0.2) is 16.6 Å². The van der Waals surface area contributed by atoms with Crippen molar-refractivity contribution in [1.29, 1.82) is 0 Å².